The minimum atomic E-state index is -0.833. The van der Waals surface area contributed by atoms with Gasteiger partial charge in [-0.3, -0.25) is 0 Å². The third kappa shape index (κ3) is 8.12. The maximum atomic E-state index is 6.18. The maximum absolute atomic E-state index is 6.18. The molecule has 0 aliphatic heterocycles. The summed E-state index contributed by atoms with van der Waals surface area (Å²) < 4.78 is 0. The minimum Gasteiger partial charge on any atom is -0.227 e. The van der Waals surface area contributed by atoms with Crippen molar-refractivity contribution in [2.24, 2.45) is 11.3 Å². The van der Waals surface area contributed by atoms with Crippen molar-refractivity contribution in [3.05, 3.63) is 0 Å². The van der Waals surface area contributed by atoms with E-state index in [9.17, 15) is 0 Å². The molecule has 0 saturated heterocycles. The molecule has 0 spiro atoms. The first-order chi connectivity index (χ1) is 13.5. The van der Waals surface area contributed by atoms with Crippen LogP contribution in [0.1, 0.15) is 133 Å². The SMILES string of the molecule is CCCCC(C)(CC)OOC1(OOC(C)(CC)CCCC)CCC(C)(C)C(C)C1. The second kappa shape index (κ2) is 11.5. The van der Waals surface area contributed by atoms with Gasteiger partial charge >= 0.3 is 0 Å². The van der Waals surface area contributed by atoms with Crippen molar-refractivity contribution in [1.82, 2.24) is 0 Å². The largest absolute Gasteiger partial charge is 0.234 e. The second-order valence-corrected chi connectivity index (χ2v) is 10.7. The van der Waals surface area contributed by atoms with Crippen molar-refractivity contribution >= 4 is 0 Å². The molecule has 1 saturated carbocycles. The topological polar surface area (TPSA) is 36.9 Å². The molecule has 1 fully saturated rings. The van der Waals surface area contributed by atoms with Gasteiger partial charge in [0.15, 0.2) is 0 Å². The smallest absolute Gasteiger partial charge is 0.227 e. The van der Waals surface area contributed by atoms with E-state index in [1.54, 1.807) is 0 Å². The molecule has 4 nitrogen and oxygen atoms in total. The fourth-order valence-corrected chi connectivity index (χ4v) is 3.78. The van der Waals surface area contributed by atoms with Gasteiger partial charge < -0.3 is 0 Å². The van der Waals surface area contributed by atoms with E-state index in [0.29, 0.717) is 5.92 Å². The summed E-state index contributed by atoms with van der Waals surface area (Å²) >= 11 is 0. The first kappa shape index (κ1) is 26.9. The Morgan fingerprint density at radius 2 is 1.24 bits per heavy atom. The lowest BCUT2D eigenvalue weighted by Gasteiger charge is -2.47. The van der Waals surface area contributed by atoms with Gasteiger partial charge in [0, 0.05) is 12.8 Å². The highest BCUT2D eigenvalue weighted by atomic mass is 17.3. The predicted octanol–water partition coefficient (Wildman–Crippen LogP) is 8.14. The van der Waals surface area contributed by atoms with Gasteiger partial charge in [-0.1, -0.05) is 74.1 Å². The molecule has 0 bridgehead atoms. The Bertz CT molecular complexity index is 438. The normalized spacial score (nSPS) is 28.7. The van der Waals surface area contributed by atoms with Crippen molar-refractivity contribution in [2.45, 2.75) is 150 Å². The van der Waals surface area contributed by atoms with Crippen LogP contribution in [0.4, 0.5) is 0 Å². The van der Waals surface area contributed by atoms with Crippen molar-refractivity contribution in [3.8, 4) is 0 Å². The Morgan fingerprint density at radius 1 is 0.793 bits per heavy atom. The zero-order valence-electron chi connectivity index (χ0n) is 21.0. The van der Waals surface area contributed by atoms with Gasteiger partial charge in [0.05, 0.1) is 0 Å². The lowest BCUT2D eigenvalue weighted by atomic mass is 9.68. The summed E-state index contributed by atoms with van der Waals surface area (Å²) in [5.74, 6) is -0.379. The van der Waals surface area contributed by atoms with Gasteiger partial charge in [0.2, 0.25) is 5.79 Å². The molecule has 0 aromatic carbocycles. The summed E-state index contributed by atoms with van der Waals surface area (Å²) in [6.07, 6.45) is 11.0. The van der Waals surface area contributed by atoms with Crippen LogP contribution in [0.3, 0.4) is 0 Å². The highest BCUT2D eigenvalue weighted by molar-refractivity contribution is 4.89. The monoisotopic (exact) mass is 414 g/mol. The van der Waals surface area contributed by atoms with Crippen LogP contribution in [-0.2, 0) is 19.6 Å². The van der Waals surface area contributed by atoms with Gasteiger partial charge in [0.25, 0.3) is 0 Å². The Kier molecular flexibility index (Phi) is 10.6. The van der Waals surface area contributed by atoms with Gasteiger partial charge in [-0.15, -0.1) is 0 Å². The first-order valence-electron chi connectivity index (χ1n) is 12.2. The fraction of sp³-hybridized carbons (Fsp3) is 1.00. The van der Waals surface area contributed by atoms with Crippen LogP contribution in [0.15, 0.2) is 0 Å². The molecular formula is C25H50O4. The molecule has 3 unspecified atom stereocenters. The summed E-state index contributed by atoms with van der Waals surface area (Å²) in [5.41, 5.74) is -0.319. The molecule has 4 heteroatoms. The van der Waals surface area contributed by atoms with E-state index in [1.807, 2.05) is 0 Å². The average molecular weight is 415 g/mol. The van der Waals surface area contributed by atoms with Crippen LogP contribution in [0.25, 0.3) is 0 Å². The number of hydrogen-bond donors (Lipinski definition) is 0. The molecule has 29 heavy (non-hydrogen) atoms. The summed E-state index contributed by atoms with van der Waals surface area (Å²) in [6, 6.07) is 0. The maximum Gasteiger partial charge on any atom is 0.234 e. The van der Waals surface area contributed by atoms with Crippen molar-refractivity contribution < 1.29 is 19.6 Å². The van der Waals surface area contributed by atoms with E-state index in [-0.39, 0.29) is 16.6 Å². The fourth-order valence-electron chi connectivity index (χ4n) is 3.78. The molecule has 0 N–H and O–H groups in total. The number of unbranched alkanes of at least 4 members (excludes halogenated alkanes) is 2. The van der Waals surface area contributed by atoms with Crippen LogP contribution in [-0.4, -0.2) is 17.0 Å². The van der Waals surface area contributed by atoms with E-state index >= 15 is 0 Å². The lowest BCUT2D eigenvalue weighted by molar-refractivity contribution is -0.554. The van der Waals surface area contributed by atoms with E-state index in [2.05, 4.69) is 62.3 Å². The Hall–Kier alpha value is -0.160. The van der Waals surface area contributed by atoms with Crippen molar-refractivity contribution in [1.29, 1.82) is 0 Å². The van der Waals surface area contributed by atoms with Crippen LogP contribution in [0, 0.1) is 11.3 Å². The van der Waals surface area contributed by atoms with Crippen LogP contribution >= 0.6 is 0 Å². The standard InChI is InChI=1S/C25H50O4/c1-10-14-16-23(8,12-3)26-28-25(19-18-22(6,7)21(5)20-25)29-27-24(9,13-4)17-15-11-2/h21H,10-20H2,1-9H3. The molecule has 1 aliphatic carbocycles. The predicted molar refractivity (Wildman–Crippen MR) is 120 cm³/mol. The van der Waals surface area contributed by atoms with E-state index in [1.165, 1.54) is 0 Å². The molecule has 1 aliphatic rings. The highest BCUT2D eigenvalue weighted by Gasteiger charge is 2.48. The average Bonchev–Trinajstić information content (AvgIpc) is 2.71. The summed E-state index contributed by atoms with van der Waals surface area (Å²) in [6.45, 7) is 20.0. The highest BCUT2D eigenvalue weighted by Crippen LogP contribution is 2.48. The first-order valence-corrected chi connectivity index (χ1v) is 12.2. The third-order valence-electron chi connectivity index (χ3n) is 7.51. The molecule has 0 aromatic heterocycles. The third-order valence-corrected chi connectivity index (χ3v) is 7.51. The molecular weight excluding hydrogens is 364 g/mol. The van der Waals surface area contributed by atoms with Gasteiger partial charge in [-0.05, 0) is 57.3 Å². The van der Waals surface area contributed by atoms with Crippen molar-refractivity contribution in [2.75, 3.05) is 0 Å². The van der Waals surface area contributed by atoms with Crippen molar-refractivity contribution in [3.63, 3.8) is 0 Å². The summed E-state index contributed by atoms with van der Waals surface area (Å²) in [5, 5.41) is 0. The summed E-state index contributed by atoms with van der Waals surface area (Å²) in [7, 11) is 0. The zero-order chi connectivity index (χ0) is 22.2. The lowest BCUT2D eigenvalue weighted by Crippen LogP contribution is -2.49. The Morgan fingerprint density at radius 3 is 1.59 bits per heavy atom. The van der Waals surface area contributed by atoms with Gasteiger partial charge in [0.1, 0.15) is 11.2 Å². The number of hydrogen-bond acceptors (Lipinski definition) is 4. The van der Waals surface area contributed by atoms with E-state index in [0.717, 1.165) is 70.6 Å². The quantitative estimate of drug-likeness (QED) is 0.163. The van der Waals surface area contributed by atoms with Crippen LogP contribution in [0.5, 0.6) is 0 Å². The van der Waals surface area contributed by atoms with Gasteiger partial charge in [-0.2, -0.15) is 9.78 Å². The number of rotatable bonds is 14. The molecule has 3 atom stereocenters. The van der Waals surface area contributed by atoms with Crippen LogP contribution in [0.2, 0.25) is 0 Å². The zero-order valence-corrected chi connectivity index (χ0v) is 21.0. The summed E-state index contributed by atoms with van der Waals surface area (Å²) in [4.78, 5) is 24.6. The van der Waals surface area contributed by atoms with E-state index in [4.69, 9.17) is 19.6 Å². The van der Waals surface area contributed by atoms with E-state index < -0.39 is 5.79 Å². The second-order valence-electron chi connectivity index (χ2n) is 10.7. The molecule has 174 valence electrons. The molecule has 1 rings (SSSR count). The molecule has 0 amide bonds. The Labute approximate surface area is 181 Å². The van der Waals surface area contributed by atoms with Crippen LogP contribution < -0.4 is 0 Å². The molecule has 0 heterocycles. The minimum absolute atomic E-state index is 0.267. The molecule has 0 radical (unpaired) electrons. The Balaban J connectivity index is 2.92. The van der Waals surface area contributed by atoms with Gasteiger partial charge in [-0.25, -0.2) is 9.78 Å². The molecule has 0 aromatic rings.